The Balaban J connectivity index is 1.86. The standard InChI is InChI=1S/C18H16Cl2F2N2O3/c1-24(10-11-2-5-13(6-3-11)27-18(21)22)16(25)9-23-17(26)12-4-7-14(19)15(20)8-12/h2-8,18H,9-10H2,1H3,(H,23,26). The van der Waals surface area contributed by atoms with Gasteiger partial charge in [0.05, 0.1) is 16.6 Å². The Morgan fingerprint density at radius 2 is 1.78 bits per heavy atom. The Morgan fingerprint density at radius 1 is 1.11 bits per heavy atom. The van der Waals surface area contributed by atoms with Crippen LogP contribution >= 0.6 is 23.2 Å². The molecule has 0 aliphatic carbocycles. The predicted octanol–water partition coefficient (Wildman–Crippen LogP) is 3.98. The van der Waals surface area contributed by atoms with E-state index in [1.54, 1.807) is 19.2 Å². The highest BCUT2D eigenvalue weighted by molar-refractivity contribution is 6.42. The van der Waals surface area contributed by atoms with E-state index in [0.717, 1.165) is 5.56 Å². The molecule has 0 heterocycles. The molecule has 0 aliphatic rings. The van der Waals surface area contributed by atoms with E-state index in [1.165, 1.54) is 35.2 Å². The summed E-state index contributed by atoms with van der Waals surface area (Å²) >= 11 is 11.7. The number of ether oxygens (including phenoxy) is 1. The highest BCUT2D eigenvalue weighted by Gasteiger charge is 2.13. The summed E-state index contributed by atoms with van der Waals surface area (Å²) in [5, 5.41) is 3.08. The maximum atomic E-state index is 12.2. The van der Waals surface area contributed by atoms with Gasteiger partial charge in [-0.15, -0.1) is 0 Å². The topological polar surface area (TPSA) is 58.6 Å². The number of halogens is 4. The fourth-order valence-corrected chi connectivity index (χ4v) is 2.47. The molecular weight excluding hydrogens is 401 g/mol. The normalized spacial score (nSPS) is 10.6. The van der Waals surface area contributed by atoms with Crippen LogP contribution in [0.15, 0.2) is 42.5 Å². The zero-order valence-corrected chi connectivity index (χ0v) is 15.7. The molecule has 5 nitrogen and oxygen atoms in total. The molecule has 2 amide bonds. The summed E-state index contributed by atoms with van der Waals surface area (Å²) in [6, 6.07) is 10.4. The third-order valence-corrected chi connectivity index (χ3v) is 4.32. The van der Waals surface area contributed by atoms with Gasteiger partial charge in [0, 0.05) is 19.2 Å². The van der Waals surface area contributed by atoms with E-state index in [-0.39, 0.29) is 35.3 Å². The van der Waals surface area contributed by atoms with Gasteiger partial charge in [-0.3, -0.25) is 9.59 Å². The van der Waals surface area contributed by atoms with Gasteiger partial charge in [0.1, 0.15) is 5.75 Å². The summed E-state index contributed by atoms with van der Waals surface area (Å²) < 4.78 is 28.5. The molecule has 1 N–H and O–H groups in total. The molecule has 0 aromatic heterocycles. The van der Waals surface area contributed by atoms with Crippen molar-refractivity contribution < 1.29 is 23.1 Å². The van der Waals surface area contributed by atoms with Crippen molar-refractivity contribution in [3.63, 3.8) is 0 Å². The van der Waals surface area contributed by atoms with E-state index in [0.29, 0.717) is 5.02 Å². The van der Waals surface area contributed by atoms with Gasteiger partial charge >= 0.3 is 6.61 Å². The number of amides is 2. The number of nitrogens with zero attached hydrogens (tertiary/aromatic N) is 1. The van der Waals surface area contributed by atoms with Crippen molar-refractivity contribution in [2.45, 2.75) is 13.2 Å². The molecule has 144 valence electrons. The van der Waals surface area contributed by atoms with E-state index in [9.17, 15) is 18.4 Å². The first-order chi connectivity index (χ1) is 12.8. The number of alkyl halides is 2. The Labute approximate surface area is 164 Å². The first-order valence-electron chi connectivity index (χ1n) is 7.77. The van der Waals surface area contributed by atoms with Crippen molar-refractivity contribution in [1.29, 1.82) is 0 Å². The highest BCUT2D eigenvalue weighted by atomic mass is 35.5. The Morgan fingerprint density at radius 3 is 2.37 bits per heavy atom. The zero-order chi connectivity index (χ0) is 20.0. The second-order valence-electron chi connectivity index (χ2n) is 5.58. The first kappa shape index (κ1) is 20.9. The van der Waals surface area contributed by atoms with Crippen LogP contribution in [0, 0.1) is 0 Å². The molecule has 0 fully saturated rings. The molecule has 0 radical (unpaired) electrons. The summed E-state index contributed by atoms with van der Waals surface area (Å²) in [7, 11) is 1.57. The van der Waals surface area contributed by atoms with Crippen molar-refractivity contribution in [3.8, 4) is 5.75 Å². The third kappa shape index (κ3) is 6.37. The molecule has 9 heteroatoms. The average molecular weight is 417 g/mol. The minimum Gasteiger partial charge on any atom is -0.435 e. The smallest absolute Gasteiger partial charge is 0.387 e. The van der Waals surface area contributed by atoms with Crippen LogP contribution in [0.2, 0.25) is 10.0 Å². The molecule has 0 spiro atoms. The van der Waals surface area contributed by atoms with Crippen LogP contribution in [0.25, 0.3) is 0 Å². The van der Waals surface area contributed by atoms with E-state index >= 15 is 0 Å². The van der Waals surface area contributed by atoms with Gasteiger partial charge < -0.3 is 15.0 Å². The van der Waals surface area contributed by atoms with Crippen molar-refractivity contribution in [3.05, 3.63) is 63.6 Å². The van der Waals surface area contributed by atoms with Crippen LogP contribution in [-0.2, 0) is 11.3 Å². The van der Waals surface area contributed by atoms with Crippen LogP contribution in [-0.4, -0.2) is 36.9 Å². The maximum Gasteiger partial charge on any atom is 0.387 e. The highest BCUT2D eigenvalue weighted by Crippen LogP contribution is 2.22. The molecule has 27 heavy (non-hydrogen) atoms. The summed E-state index contributed by atoms with van der Waals surface area (Å²) in [5.41, 5.74) is 1.01. The van der Waals surface area contributed by atoms with E-state index < -0.39 is 12.5 Å². The van der Waals surface area contributed by atoms with Crippen LogP contribution < -0.4 is 10.1 Å². The number of likely N-dealkylation sites (N-methyl/N-ethyl adjacent to an activating group) is 1. The SMILES string of the molecule is CN(Cc1ccc(OC(F)F)cc1)C(=O)CNC(=O)c1ccc(Cl)c(Cl)c1. The molecule has 0 bridgehead atoms. The Hall–Kier alpha value is -2.38. The molecule has 0 saturated carbocycles. The minimum atomic E-state index is -2.89. The second-order valence-corrected chi connectivity index (χ2v) is 6.40. The number of carbonyl (C=O) groups excluding carboxylic acids is 2. The van der Waals surface area contributed by atoms with Gasteiger partial charge in [-0.1, -0.05) is 35.3 Å². The lowest BCUT2D eigenvalue weighted by Gasteiger charge is -2.18. The number of hydrogen-bond acceptors (Lipinski definition) is 3. The molecule has 2 aromatic rings. The first-order valence-corrected chi connectivity index (χ1v) is 8.53. The quantitative estimate of drug-likeness (QED) is 0.742. The van der Waals surface area contributed by atoms with Crippen molar-refractivity contribution in [1.82, 2.24) is 10.2 Å². The Bertz CT molecular complexity index is 817. The van der Waals surface area contributed by atoms with Crippen LogP contribution in [0.3, 0.4) is 0 Å². The zero-order valence-electron chi connectivity index (χ0n) is 14.2. The lowest BCUT2D eigenvalue weighted by molar-refractivity contribution is -0.129. The number of nitrogens with one attached hydrogen (secondary N) is 1. The average Bonchev–Trinajstić information content (AvgIpc) is 2.62. The lowest BCUT2D eigenvalue weighted by Crippen LogP contribution is -2.37. The van der Waals surface area contributed by atoms with Gasteiger partial charge in [-0.2, -0.15) is 8.78 Å². The number of hydrogen-bond donors (Lipinski definition) is 1. The Kier molecular flexibility index (Phi) is 7.38. The van der Waals surface area contributed by atoms with Crippen molar-refractivity contribution in [2.24, 2.45) is 0 Å². The molecule has 2 rings (SSSR count). The van der Waals surface area contributed by atoms with E-state index in [4.69, 9.17) is 23.2 Å². The number of rotatable bonds is 7. The molecule has 2 aromatic carbocycles. The fourth-order valence-electron chi connectivity index (χ4n) is 2.17. The largest absolute Gasteiger partial charge is 0.435 e. The van der Waals surface area contributed by atoms with Gasteiger partial charge in [0.15, 0.2) is 0 Å². The fraction of sp³-hybridized carbons (Fsp3) is 0.222. The maximum absolute atomic E-state index is 12.2. The van der Waals surface area contributed by atoms with Gasteiger partial charge in [-0.25, -0.2) is 0 Å². The van der Waals surface area contributed by atoms with Crippen LogP contribution in [0.5, 0.6) is 5.75 Å². The molecule has 0 saturated heterocycles. The summed E-state index contributed by atoms with van der Waals surface area (Å²) in [6.07, 6.45) is 0. The number of carbonyl (C=O) groups is 2. The molecular formula is C18H16Cl2F2N2O3. The second kappa shape index (κ2) is 9.53. The van der Waals surface area contributed by atoms with Crippen LogP contribution in [0.1, 0.15) is 15.9 Å². The monoisotopic (exact) mass is 416 g/mol. The predicted molar refractivity (Wildman–Crippen MR) is 98.3 cm³/mol. The van der Waals surface area contributed by atoms with Crippen LogP contribution in [0.4, 0.5) is 8.78 Å². The summed E-state index contributed by atoms with van der Waals surface area (Å²) in [4.78, 5) is 25.6. The molecule has 0 atom stereocenters. The van der Waals surface area contributed by atoms with E-state index in [1.807, 2.05) is 0 Å². The molecule has 0 aliphatic heterocycles. The van der Waals surface area contributed by atoms with Crippen molar-refractivity contribution >= 4 is 35.0 Å². The minimum absolute atomic E-state index is 0.0385. The third-order valence-electron chi connectivity index (χ3n) is 3.58. The van der Waals surface area contributed by atoms with Gasteiger partial charge in [-0.05, 0) is 35.9 Å². The van der Waals surface area contributed by atoms with Crippen molar-refractivity contribution in [2.75, 3.05) is 13.6 Å². The summed E-state index contributed by atoms with van der Waals surface area (Å²) in [6.45, 7) is -2.85. The lowest BCUT2D eigenvalue weighted by atomic mass is 10.2. The van der Waals surface area contributed by atoms with E-state index in [2.05, 4.69) is 10.1 Å². The van der Waals surface area contributed by atoms with Gasteiger partial charge in [0.25, 0.3) is 5.91 Å². The molecule has 0 unspecified atom stereocenters. The summed E-state index contributed by atoms with van der Waals surface area (Å²) in [5.74, 6) is -0.739. The number of benzene rings is 2. The van der Waals surface area contributed by atoms with Gasteiger partial charge in [0.2, 0.25) is 5.91 Å².